The number of nitrogens with zero attached hydrogens (tertiary/aromatic N) is 1. The standard InChI is InChI=1S/C11H12N2O2/c1-15-11(14)10(12)6-2-4-9-5-3-7-13-8-9/h3,5,7-8,10H,6,12H2,1H3/t10-/m0/s1. The number of ether oxygens (including phenoxy) is 1. The molecule has 1 rings (SSSR count). The van der Waals surface area contributed by atoms with Crippen molar-refractivity contribution in [2.24, 2.45) is 5.73 Å². The first-order chi connectivity index (χ1) is 7.24. The van der Waals surface area contributed by atoms with Crippen LogP contribution in [0.25, 0.3) is 0 Å². The maximum Gasteiger partial charge on any atom is 0.323 e. The summed E-state index contributed by atoms with van der Waals surface area (Å²) in [6.45, 7) is 0. The number of methoxy groups -OCH3 is 1. The Morgan fingerprint density at radius 2 is 2.53 bits per heavy atom. The second-order valence-electron chi connectivity index (χ2n) is 2.88. The van der Waals surface area contributed by atoms with Gasteiger partial charge < -0.3 is 10.5 Å². The van der Waals surface area contributed by atoms with E-state index in [0.717, 1.165) is 5.56 Å². The maximum absolute atomic E-state index is 10.9. The normalized spacial score (nSPS) is 11.1. The Morgan fingerprint density at radius 3 is 3.13 bits per heavy atom. The van der Waals surface area contributed by atoms with Gasteiger partial charge in [-0.3, -0.25) is 9.78 Å². The average molecular weight is 204 g/mol. The molecular weight excluding hydrogens is 192 g/mol. The molecule has 0 bridgehead atoms. The molecule has 78 valence electrons. The quantitative estimate of drug-likeness (QED) is 0.556. The van der Waals surface area contributed by atoms with E-state index in [1.54, 1.807) is 18.5 Å². The molecule has 2 N–H and O–H groups in total. The predicted molar refractivity (Wildman–Crippen MR) is 55.7 cm³/mol. The van der Waals surface area contributed by atoms with E-state index in [2.05, 4.69) is 21.6 Å². The second kappa shape index (κ2) is 5.78. The van der Waals surface area contributed by atoms with Crippen LogP contribution in [0.1, 0.15) is 12.0 Å². The highest BCUT2D eigenvalue weighted by Crippen LogP contribution is 1.93. The largest absolute Gasteiger partial charge is 0.468 e. The average Bonchev–Trinajstić information content (AvgIpc) is 2.29. The monoisotopic (exact) mass is 204 g/mol. The van der Waals surface area contributed by atoms with Gasteiger partial charge in [-0.1, -0.05) is 11.8 Å². The first-order valence-corrected chi connectivity index (χ1v) is 4.46. The number of pyridine rings is 1. The van der Waals surface area contributed by atoms with Crippen LogP contribution >= 0.6 is 0 Å². The molecule has 15 heavy (non-hydrogen) atoms. The maximum atomic E-state index is 10.9. The van der Waals surface area contributed by atoms with Gasteiger partial charge in [0, 0.05) is 24.4 Å². The summed E-state index contributed by atoms with van der Waals surface area (Å²) in [5.74, 6) is 5.21. The fraction of sp³-hybridized carbons (Fsp3) is 0.273. The lowest BCUT2D eigenvalue weighted by Crippen LogP contribution is -2.30. The predicted octanol–water partition coefficient (Wildman–Crippen LogP) is 0.323. The summed E-state index contributed by atoms with van der Waals surface area (Å²) >= 11 is 0. The Morgan fingerprint density at radius 1 is 1.73 bits per heavy atom. The Bertz CT molecular complexity index is 379. The third kappa shape index (κ3) is 3.79. The first kappa shape index (κ1) is 11.2. The summed E-state index contributed by atoms with van der Waals surface area (Å²) in [6, 6.07) is 2.95. The van der Waals surface area contributed by atoms with E-state index in [1.165, 1.54) is 7.11 Å². The van der Waals surface area contributed by atoms with E-state index in [-0.39, 0.29) is 6.42 Å². The van der Waals surface area contributed by atoms with E-state index in [0.29, 0.717) is 0 Å². The number of aromatic nitrogens is 1. The minimum atomic E-state index is -0.681. The summed E-state index contributed by atoms with van der Waals surface area (Å²) in [5, 5.41) is 0. The smallest absolute Gasteiger partial charge is 0.323 e. The van der Waals surface area contributed by atoms with E-state index in [9.17, 15) is 4.79 Å². The van der Waals surface area contributed by atoms with Gasteiger partial charge in [-0.05, 0) is 12.1 Å². The molecule has 4 nitrogen and oxygen atoms in total. The van der Waals surface area contributed by atoms with Gasteiger partial charge in [0.15, 0.2) is 0 Å². The van der Waals surface area contributed by atoms with Crippen LogP contribution < -0.4 is 5.73 Å². The number of rotatable bonds is 2. The van der Waals surface area contributed by atoms with Crippen molar-refractivity contribution in [1.29, 1.82) is 0 Å². The summed E-state index contributed by atoms with van der Waals surface area (Å²) in [4.78, 5) is 14.8. The molecule has 0 aliphatic heterocycles. The molecule has 0 saturated heterocycles. The van der Waals surface area contributed by atoms with Crippen molar-refractivity contribution >= 4 is 5.97 Å². The van der Waals surface area contributed by atoms with Crippen LogP contribution in [0.15, 0.2) is 24.5 Å². The van der Waals surface area contributed by atoms with E-state index < -0.39 is 12.0 Å². The molecule has 0 aliphatic carbocycles. The lowest BCUT2D eigenvalue weighted by Gasteiger charge is -2.03. The van der Waals surface area contributed by atoms with Crippen molar-refractivity contribution in [3.63, 3.8) is 0 Å². The third-order valence-corrected chi connectivity index (χ3v) is 1.72. The van der Waals surface area contributed by atoms with Gasteiger partial charge in [-0.15, -0.1) is 0 Å². The Labute approximate surface area is 88.5 Å². The molecular formula is C11H12N2O2. The Hall–Kier alpha value is -1.86. The number of carbonyl (C=O) groups excluding carboxylic acids is 1. The SMILES string of the molecule is COC(=O)[C@@H](N)CC#Cc1cccnc1. The minimum Gasteiger partial charge on any atom is -0.468 e. The molecule has 0 aromatic carbocycles. The Kier molecular flexibility index (Phi) is 4.32. The first-order valence-electron chi connectivity index (χ1n) is 4.46. The lowest BCUT2D eigenvalue weighted by atomic mass is 10.2. The topological polar surface area (TPSA) is 65.2 Å². The fourth-order valence-corrected chi connectivity index (χ4v) is 0.934. The third-order valence-electron chi connectivity index (χ3n) is 1.72. The van der Waals surface area contributed by atoms with Gasteiger partial charge in [0.1, 0.15) is 6.04 Å². The van der Waals surface area contributed by atoms with Crippen molar-refractivity contribution < 1.29 is 9.53 Å². The van der Waals surface area contributed by atoms with Crippen LogP contribution in [-0.4, -0.2) is 24.1 Å². The van der Waals surface area contributed by atoms with Gasteiger partial charge >= 0.3 is 5.97 Å². The molecule has 0 radical (unpaired) electrons. The van der Waals surface area contributed by atoms with Crippen LogP contribution in [-0.2, 0) is 9.53 Å². The van der Waals surface area contributed by atoms with E-state index >= 15 is 0 Å². The molecule has 1 heterocycles. The van der Waals surface area contributed by atoms with Crippen molar-refractivity contribution in [3.05, 3.63) is 30.1 Å². The van der Waals surface area contributed by atoms with Crippen LogP contribution in [0.2, 0.25) is 0 Å². The van der Waals surface area contributed by atoms with Crippen LogP contribution in [0, 0.1) is 11.8 Å². The summed E-state index contributed by atoms with van der Waals surface area (Å²) in [6.07, 6.45) is 3.60. The van der Waals surface area contributed by atoms with Gasteiger partial charge in [0.05, 0.1) is 7.11 Å². The molecule has 0 fully saturated rings. The number of hydrogen-bond donors (Lipinski definition) is 1. The fourth-order valence-electron chi connectivity index (χ4n) is 0.934. The van der Waals surface area contributed by atoms with Gasteiger partial charge in [0.25, 0.3) is 0 Å². The highest BCUT2D eigenvalue weighted by atomic mass is 16.5. The van der Waals surface area contributed by atoms with Crippen LogP contribution in [0.5, 0.6) is 0 Å². The van der Waals surface area contributed by atoms with E-state index in [4.69, 9.17) is 5.73 Å². The molecule has 0 amide bonds. The molecule has 1 aromatic heterocycles. The molecule has 4 heteroatoms. The zero-order valence-electron chi connectivity index (χ0n) is 8.43. The van der Waals surface area contributed by atoms with Gasteiger partial charge in [0.2, 0.25) is 0 Å². The number of carbonyl (C=O) groups is 1. The molecule has 0 unspecified atom stereocenters. The summed E-state index contributed by atoms with van der Waals surface area (Å²) in [5.41, 5.74) is 6.30. The highest BCUT2D eigenvalue weighted by Gasteiger charge is 2.10. The van der Waals surface area contributed by atoms with Crippen molar-refractivity contribution in [2.45, 2.75) is 12.5 Å². The van der Waals surface area contributed by atoms with Gasteiger partial charge in [-0.2, -0.15) is 0 Å². The molecule has 1 aromatic rings. The van der Waals surface area contributed by atoms with Crippen molar-refractivity contribution in [3.8, 4) is 11.8 Å². The van der Waals surface area contributed by atoms with Crippen LogP contribution in [0.3, 0.4) is 0 Å². The lowest BCUT2D eigenvalue weighted by molar-refractivity contribution is -0.142. The zero-order valence-corrected chi connectivity index (χ0v) is 8.43. The van der Waals surface area contributed by atoms with Gasteiger partial charge in [-0.25, -0.2) is 0 Å². The molecule has 0 saturated carbocycles. The summed E-state index contributed by atoms with van der Waals surface area (Å²) in [7, 11) is 1.30. The second-order valence-corrected chi connectivity index (χ2v) is 2.88. The summed E-state index contributed by atoms with van der Waals surface area (Å²) < 4.78 is 4.47. The van der Waals surface area contributed by atoms with Crippen molar-refractivity contribution in [2.75, 3.05) is 7.11 Å². The number of esters is 1. The van der Waals surface area contributed by atoms with E-state index in [1.807, 2.05) is 6.07 Å². The molecule has 1 atom stereocenters. The molecule has 0 spiro atoms. The minimum absolute atomic E-state index is 0.279. The number of nitrogens with two attached hydrogens (primary N) is 1. The zero-order chi connectivity index (χ0) is 11.1. The Balaban J connectivity index is 2.50. The highest BCUT2D eigenvalue weighted by molar-refractivity contribution is 5.75. The molecule has 0 aliphatic rings. The number of hydrogen-bond acceptors (Lipinski definition) is 4. The van der Waals surface area contributed by atoms with Crippen LogP contribution in [0.4, 0.5) is 0 Å². The van der Waals surface area contributed by atoms with Crippen molar-refractivity contribution in [1.82, 2.24) is 4.98 Å².